The molecule has 0 amide bonds. The van der Waals surface area contributed by atoms with Gasteiger partial charge in [-0.15, -0.1) is 0 Å². The molecule has 1 aromatic rings. The van der Waals surface area contributed by atoms with Crippen molar-refractivity contribution in [1.82, 2.24) is 9.29 Å². The standard InChI is InChI=1S/C12H19N3O2S/c1-2-14-11-6-7-13-10-12(11)18(16,17)15-8-4-3-5-9-15/h6-7,10H,2-5,8-9H2,1H3,(H,13,14). The van der Waals surface area contributed by atoms with Crippen LogP contribution in [-0.4, -0.2) is 37.3 Å². The number of hydrogen-bond acceptors (Lipinski definition) is 4. The summed E-state index contributed by atoms with van der Waals surface area (Å²) >= 11 is 0. The van der Waals surface area contributed by atoms with Gasteiger partial charge in [0.05, 0.1) is 5.69 Å². The Morgan fingerprint density at radius 3 is 2.72 bits per heavy atom. The summed E-state index contributed by atoms with van der Waals surface area (Å²) in [5.74, 6) is 0. The molecule has 0 bridgehead atoms. The molecule has 0 unspecified atom stereocenters. The normalized spacial score (nSPS) is 17.6. The number of piperidine rings is 1. The highest BCUT2D eigenvalue weighted by atomic mass is 32.2. The number of pyridine rings is 1. The molecular formula is C12H19N3O2S. The minimum atomic E-state index is -3.41. The Morgan fingerprint density at radius 2 is 2.06 bits per heavy atom. The highest BCUT2D eigenvalue weighted by Crippen LogP contribution is 2.25. The maximum Gasteiger partial charge on any atom is 0.246 e. The molecule has 0 aromatic carbocycles. The quantitative estimate of drug-likeness (QED) is 0.903. The van der Waals surface area contributed by atoms with Gasteiger partial charge in [0.25, 0.3) is 0 Å². The fourth-order valence-corrected chi connectivity index (χ4v) is 3.80. The molecule has 1 saturated heterocycles. The molecular weight excluding hydrogens is 250 g/mol. The van der Waals surface area contributed by atoms with Crippen molar-refractivity contribution in [2.24, 2.45) is 0 Å². The number of rotatable bonds is 4. The fraction of sp³-hybridized carbons (Fsp3) is 0.583. The number of hydrogen-bond donors (Lipinski definition) is 1. The van der Waals surface area contributed by atoms with Gasteiger partial charge in [-0.1, -0.05) is 6.42 Å². The van der Waals surface area contributed by atoms with Crippen LogP contribution in [0.3, 0.4) is 0 Å². The average Bonchev–Trinajstić information content (AvgIpc) is 2.41. The predicted octanol–water partition coefficient (Wildman–Crippen LogP) is 1.69. The zero-order valence-electron chi connectivity index (χ0n) is 10.6. The summed E-state index contributed by atoms with van der Waals surface area (Å²) < 4.78 is 26.6. The molecule has 0 atom stereocenters. The number of anilines is 1. The van der Waals surface area contributed by atoms with Gasteiger partial charge >= 0.3 is 0 Å². The summed E-state index contributed by atoms with van der Waals surface area (Å²) in [6, 6.07) is 1.71. The van der Waals surface area contributed by atoms with E-state index in [1.807, 2.05) is 6.92 Å². The fourth-order valence-electron chi connectivity index (χ4n) is 2.17. The van der Waals surface area contributed by atoms with E-state index in [2.05, 4.69) is 10.3 Å². The van der Waals surface area contributed by atoms with Crippen LogP contribution < -0.4 is 5.32 Å². The maximum absolute atomic E-state index is 12.5. The van der Waals surface area contributed by atoms with Crippen LogP contribution in [0.1, 0.15) is 26.2 Å². The molecule has 1 aromatic heterocycles. The van der Waals surface area contributed by atoms with Gasteiger partial charge in [0.15, 0.2) is 0 Å². The van der Waals surface area contributed by atoms with Gasteiger partial charge in [-0.2, -0.15) is 4.31 Å². The van der Waals surface area contributed by atoms with Crippen LogP contribution in [0.4, 0.5) is 5.69 Å². The molecule has 0 aliphatic carbocycles. The van der Waals surface area contributed by atoms with E-state index in [-0.39, 0.29) is 4.90 Å². The van der Waals surface area contributed by atoms with Crippen molar-refractivity contribution in [3.8, 4) is 0 Å². The van der Waals surface area contributed by atoms with Crippen molar-refractivity contribution in [3.05, 3.63) is 18.5 Å². The zero-order valence-corrected chi connectivity index (χ0v) is 11.4. The molecule has 0 saturated carbocycles. The minimum Gasteiger partial charge on any atom is -0.384 e. The highest BCUT2D eigenvalue weighted by molar-refractivity contribution is 7.89. The molecule has 5 nitrogen and oxygen atoms in total. The first kappa shape index (κ1) is 13.3. The van der Waals surface area contributed by atoms with Gasteiger partial charge in [0, 0.05) is 32.0 Å². The molecule has 18 heavy (non-hydrogen) atoms. The lowest BCUT2D eigenvalue weighted by Crippen LogP contribution is -2.36. The van der Waals surface area contributed by atoms with Gasteiger partial charge in [0.2, 0.25) is 10.0 Å². The average molecular weight is 269 g/mol. The second-order valence-electron chi connectivity index (χ2n) is 4.37. The number of nitrogens with zero attached hydrogens (tertiary/aromatic N) is 2. The molecule has 1 fully saturated rings. The first-order chi connectivity index (χ1) is 8.66. The summed E-state index contributed by atoms with van der Waals surface area (Å²) in [4.78, 5) is 4.23. The summed E-state index contributed by atoms with van der Waals surface area (Å²) in [5, 5.41) is 3.08. The van der Waals surface area contributed by atoms with Crippen molar-refractivity contribution in [3.63, 3.8) is 0 Å². The van der Waals surface area contributed by atoms with Crippen molar-refractivity contribution in [1.29, 1.82) is 0 Å². The van der Waals surface area contributed by atoms with E-state index in [0.717, 1.165) is 19.3 Å². The molecule has 0 radical (unpaired) electrons. The van der Waals surface area contributed by atoms with Gasteiger partial charge < -0.3 is 5.32 Å². The minimum absolute atomic E-state index is 0.286. The van der Waals surface area contributed by atoms with Crippen LogP contribution in [0.5, 0.6) is 0 Å². The Kier molecular flexibility index (Phi) is 4.19. The topological polar surface area (TPSA) is 62.3 Å². The maximum atomic E-state index is 12.5. The third kappa shape index (κ3) is 2.64. The van der Waals surface area contributed by atoms with Gasteiger partial charge in [0.1, 0.15) is 4.90 Å². The second-order valence-corrected chi connectivity index (χ2v) is 6.27. The predicted molar refractivity (Wildman–Crippen MR) is 71.0 cm³/mol. The molecule has 100 valence electrons. The third-order valence-corrected chi connectivity index (χ3v) is 5.01. The lowest BCUT2D eigenvalue weighted by molar-refractivity contribution is 0.346. The third-order valence-electron chi connectivity index (χ3n) is 3.08. The van der Waals surface area contributed by atoms with Crippen LogP contribution in [0.25, 0.3) is 0 Å². The van der Waals surface area contributed by atoms with Gasteiger partial charge in [-0.3, -0.25) is 4.98 Å². The van der Waals surface area contributed by atoms with E-state index in [0.29, 0.717) is 25.3 Å². The Morgan fingerprint density at radius 1 is 1.33 bits per heavy atom. The van der Waals surface area contributed by atoms with Crippen molar-refractivity contribution in [2.45, 2.75) is 31.1 Å². The Hall–Kier alpha value is -1.14. The van der Waals surface area contributed by atoms with E-state index in [1.54, 1.807) is 16.6 Å². The number of aromatic nitrogens is 1. The van der Waals surface area contributed by atoms with Crippen LogP contribution in [0, 0.1) is 0 Å². The largest absolute Gasteiger partial charge is 0.384 e. The van der Waals surface area contributed by atoms with Crippen LogP contribution in [0.2, 0.25) is 0 Å². The van der Waals surface area contributed by atoms with E-state index >= 15 is 0 Å². The Labute approximate surface area is 108 Å². The monoisotopic (exact) mass is 269 g/mol. The van der Waals surface area contributed by atoms with Crippen molar-refractivity contribution < 1.29 is 8.42 Å². The first-order valence-corrected chi connectivity index (χ1v) is 7.78. The van der Waals surface area contributed by atoms with Crippen molar-refractivity contribution >= 4 is 15.7 Å². The van der Waals surface area contributed by atoms with Gasteiger partial charge in [-0.25, -0.2) is 8.42 Å². The molecule has 2 heterocycles. The van der Waals surface area contributed by atoms with Crippen LogP contribution >= 0.6 is 0 Å². The van der Waals surface area contributed by atoms with E-state index < -0.39 is 10.0 Å². The van der Waals surface area contributed by atoms with Crippen LogP contribution in [0.15, 0.2) is 23.4 Å². The summed E-state index contributed by atoms with van der Waals surface area (Å²) in [6.45, 7) is 3.86. The second kappa shape index (κ2) is 5.67. The number of nitrogens with one attached hydrogen (secondary N) is 1. The zero-order chi connectivity index (χ0) is 13.0. The highest BCUT2D eigenvalue weighted by Gasteiger charge is 2.28. The Bertz CT molecular complexity index is 496. The van der Waals surface area contributed by atoms with Crippen LogP contribution in [-0.2, 0) is 10.0 Å². The van der Waals surface area contributed by atoms with E-state index in [4.69, 9.17) is 0 Å². The van der Waals surface area contributed by atoms with Gasteiger partial charge in [-0.05, 0) is 25.8 Å². The Balaban J connectivity index is 2.34. The molecule has 2 rings (SSSR count). The smallest absolute Gasteiger partial charge is 0.246 e. The SMILES string of the molecule is CCNc1ccncc1S(=O)(=O)N1CCCCC1. The van der Waals surface area contributed by atoms with E-state index in [1.165, 1.54) is 6.20 Å². The lowest BCUT2D eigenvalue weighted by Gasteiger charge is -2.26. The molecule has 1 aliphatic rings. The number of sulfonamides is 1. The molecule has 1 aliphatic heterocycles. The summed E-state index contributed by atoms with van der Waals surface area (Å²) in [5.41, 5.74) is 0.637. The van der Waals surface area contributed by atoms with Crippen molar-refractivity contribution in [2.75, 3.05) is 25.0 Å². The summed E-state index contributed by atoms with van der Waals surface area (Å²) in [7, 11) is -3.41. The first-order valence-electron chi connectivity index (χ1n) is 6.34. The summed E-state index contributed by atoms with van der Waals surface area (Å²) in [6.07, 6.45) is 6.03. The lowest BCUT2D eigenvalue weighted by atomic mass is 10.2. The van der Waals surface area contributed by atoms with E-state index in [9.17, 15) is 8.42 Å². The molecule has 1 N–H and O–H groups in total. The molecule has 0 spiro atoms. The molecule has 6 heteroatoms.